The largest absolute Gasteiger partial charge is 0.384 e. The van der Waals surface area contributed by atoms with Crippen molar-refractivity contribution in [3.05, 3.63) is 34.4 Å². The molecule has 4 heteroatoms. The van der Waals surface area contributed by atoms with Crippen molar-refractivity contribution in [3.8, 4) is 0 Å². The third-order valence-corrected chi connectivity index (χ3v) is 2.47. The zero-order valence-electron chi connectivity index (χ0n) is 6.59. The lowest BCUT2D eigenvalue weighted by Crippen LogP contribution is -1.89. The Labute approximate surface area is 85.3 Å². The highest BCUT2D eigenvalue weighted by molar-refractivity contribution is 6.40. The molecule has 1 heterocycles. The van der Waals surface area contributed by atoms with Crippen molar-refractivity contribution in [3.63, 3.8) is 0 Å². The van der Waals surface area contributed by atoms with Crippen LogP contribution in [0.3, 0.4) is 0 Å². The summed E-state index contributed by atoms with van der Waals surface area (Å²) in [5.41, 5.74) is 5.53. The van der Waals surface area contributed by atoms with Crippen LogP contribution in [0, 0.1) is 0 Å². The first-order valence-corrected chi connectivity index (χ1v) is 4.43. The zero-order valence-corrected chi connectivity index (χ0v) is 8.10. The summed E-state index contributed by atoms with van der Waals surface area (Å²) >= 11 is 11.9. The SMILES string of the molecule is Nc1cc2c(Cl)ccc(Cl)c2cn1. The van der Waals surface area contributed by atoms with Gasteiger partial charge in [0.1, 0.15) is 5.82 Å². The Balaban J connectivity index is 2.92. The molecule has 1 aromatic carbocycles. The first-order valence-electron chi connectivity index (χ1n) is 3.68. The Bertz CT molecular complexity index is 468. The van der Waals surface area contributed by atoms with Gasteiger partial charge in [-0.2, -0.15) is 0 Å². The van der Waals surface area contributed by atoms with Gasteiger partial charge in [-0.05, 0) is 18.2 Å². The van der Waals surface area contributed by atoms with E-state index in [1.807, 2.05) is 0 Å². The minimum absolute atomic E-state index is 0.441. The molecule has 2 N–H and O–H groups in total. The summed E-state index contributed by atoms with van der Waals surface area (Å²) in [5.74, 6) is 0.441. The molecule has 2 rings (SSSR count). The zero-order chi connectivity index (χ0) is 9.42. The van der Waals surface area contributed by atoms with Crippen molar-refractivity contribution in [1.82, 2.24) is 4.98 Å². The molecular weight excluding hydrogens is 207 g/mol. The van der Waals surface area contributed by atoms with Crippen LogP contribution in [0.5, 0.6) is 0 Å². The molecule has 0 spiro atoms. The normalized spacial score (nSPS) is 10.6. The van der Waals surface area contributed by atoms with Gasteiger partial charge in [0, 0.05) is 22.0 Å². The van der Waals surface area contributed by atoms with E-state index in [0.717, 1.165) is 10.8 Å². The van der Waals surface area contributed by atoms with Crippen LogP contribution in [0.4, 0.5) is 5.82 Å². The fraction of sp³-hybridized carbons (Fsp3) is 0. The Morgan fingerprint density at radius 2 is 1.69 bits per heavy atom. The molecule has 0 aliphatic rings. The lowest BCUT2D eigenvalue weighted by atomic mass is 10.2. The van der Waals surface area contributed by atoms with Gasteiger partial charge in [0.05, 0.1) is 5.02 Å². The van der Waals surface area contributed by atoms with Gasteiger partial charge >= 0.3 is 0 Å². The highest BCUT2D eigenvalue weighted by atomic mass is 35.5. The predicted octanol–water partition coefficient (Wildman–Crippen LogP) is 3.12. The third kappa shape index (κ3) is 1.43. The molecule has 66 valence electrons. The first kappa shape index (κ1) is 8.60. The van der Waals surface area contributed by atoms with E-state index < -0.39 is 0 Å². The summed E-state index contributed by atoms with van der Waals surface area (Å²) in [5, 5.41) is 2.92. The molecule has 2 aromatic rings. The van der Waals surface area contributed by atoms with E-state index in [0.29, 0.717) is 15.9 Å². The van der Waals surface area contributed by atoms with Crippen LogP contribution in [0.25, 0.3) is 10.8 Å². The monoisotopic (exact) mass is 212 g/mol. The molecule has 0 fully saturated rings. The van der Waals surface area contributed by atoms with Gasteiger partial charge in [-0.3, -0.25) is 0 Å². The van der Waals surface area contributed by atoms with E-state index in [4.69, 9.17) is 28.9 Å². The van der Waals surface area contributed by atoms with Crippen LogP contribution in [-0.4, -0.2) is 4.98 Å². The summed E-state index contributed by atoms with van der Waals surface area (Å²) in [6, 6.07) is 5.19. The number of nitrogens with two attached hydrogens (primary N) is 1. The van der Waals surface area contributed by atoms with E-state index >= 15 is 0 Å². The summed E-state index contributed by atoms with van der Waals surface area (Å²) in [7, 11) is 0. The number of halogens is 2. The summed E-state index contributed by atoms with van der Waals surface area (Å²) in [6.07, 6.45) is 1.62. The lowest BCUT2D eigenvalue weighted by Gasteiger charge is -2.02. The number of nitrogens with zero attached hydrogens (tertiary/aromatic N) is 1. The minimum atomic E-state index is 0.441. The Kier molecular flexibility index (Phi) is 2.02. The molecule has 0 aliphatic carbocycles. The highest BCUT2D eigenvalue weighted by Crippen LogP contribution is 2.29. The topological polar surface area (TPSA) is 38.9 Å². The van der Waals surface area contributed by atoms with Crippen LogP contribution in [-0.2, 0) is 0 Å². The maximum absolute atomic E-state index is 5.96. The van der Waals surface area contributed by atoms with E-state index in [-0.39, 0.29) is 0 Å². The summed E-state index contributed by atoms with van der Waals surface area (Å²) in [6.45, 7) is 0. The van der Waals surface area contributed by atoms with E-state index in [1.165, 1.54) is 0 Å². The van der Waals surface area contributed by atoms with Crippen LogP contribution in [0.15, 0.2) is 24.4 Å². The molecule has 0 aliphatic heterocycles. The summed E-state index contributed by atoms with van der Waals surface area (Å²) < 4.78 is 0. The lowest BCUT2D eigenvalue weighted by molar-refractivity contribution is 1.37. The second-order valence-corrected chi connectivity index (χ2v) is 3.50. The molecule has 0 unspecified atom stereocenters. The number of anilines is 1. The number of pyridine rings is 1. The van der Waals surface area contributed by atoms with Crippen molar-refractivity contribution >= 4 is 39.8 Å². The summed E-state index contributed by atoms with van der Waals surface area (Å²) in [4.78, 5) is 3.94. The van der Waals surface area contributed by atoms with Crippen LogP contribution >= 0.6 is 23.2 Å². The molecule has 2 nitrogen and oxygen atoms in total. The van der Waals surface area contributed by atoms with Gasteiger partial charge < -0.3 is 5.73 Å². The van der Waals surface area contributed by atoms with E-state index in [1.54, 1.807) is 24.4 Å². The third-order valence-electron chi connectivity index (χ3n) is 1.82. The fourth-order valence-electron chi connectivity index (χ4n) is 1.19. The molecule has 0 atom stereocenters. The van der Waals surface area contributed by atoms with E-state index in [2.05, 4.69) is 4.98 Å². The van der Waals surface area contributed by atoms with Crippen molar-refractivity contribution in [2.45, 2.75) is 0 Å². The molecule has 13 heavy (non-hydrogen) atoms. The van der Waals surface area contributed by atoms with Crippen LogP contribution in [0.1, 0.15) is 0 Å². The molecule has 0 amide bonds. The van der Waals surface area contributed by atoms with Crippen molar-refractivity contribution in [2.24, 2.45) is 0 Å². The number of hydrogen-bond donors (Lipinski definition) is 1. The molecule has 0 saturated heterocycles. The fourth-order valence-corrected chi connectivity index (χ4v) is 1.62. The quantitative estimate of drug-likeness (QED) is 0.730. The maximum Gasteiger partial charge on any atom is 0.123 e. The van der Waals surface area contributed by atoms with Crippen molar-refractivity contribution in [1.29, 1.82) is 0 Å². The van der Waals surface area contributed by atoms with Crippen LogP contribution < -0.4 is 5.73 Å². The number of fused-ring (bicyclic) bond motifs is 1. The van der Waals surface area contributed by atoms with Gasteiger partial charge in [0.25, 0.3) is 0 Å². The van der Waals surface area contributed by atoms with Crippen LogP contribution in [0.2, 0.25) is 10.0 Å². The molecule has 0 saturated carbocycles. The predicted molar refractivity (Wildman–Crippen MR) is 56.2 cm³/mol. The second kappa shape index (κ2) is 3.05. The average Bonchev–Trinajstić information content (AvgIpc) is 2.12. The van der Waals surface area contributed by atoms with Crippen molar-refractivity contribution in [2.75, 3.05) is 5.73 Å². The van der Waals surface area contributed by atoms with E-state index in [9.17, 15) is 0 Å². The molecular formula is C9H6Cl2N2. The van der Waals surface area contributed by atoms with Gasteiger partial charge in [-0.25, -0.2) is 4.98 Å². The van der Waals surface area contributed by atoms with Crippen molar-refractivity contribution < 1.29 is 0 Å². The molecule has 0 bridgehead atoms. The Morgan fingerprint density at radius 1 is 1.08 bits per heavy atom. The number of rotatable bonds is 0. The minimum Gasteiger partial charge on any atom is -0.384 e. The number of nitrogen functional groups attached to an aromatic ring is 1. The van der Waals surface area contributed by atoms with Gasteiger partial charge in [0.15, 0.2) is 0 Å². The number of aromatic nitrogens is 1. The molecule has 0 radical (unpaired) electrons. The Hall–Kier alpha value is -0.990. The Morgan fingerprint density at radius 3 is 2.38 bits per heavy atom. The highest BCUT2D eigenvalue weighted by Gasteiger charge is 2.03. The van der Waals surface area contributed by atoms with Gasteiger partial charge in [-0.15, -0.1) is 0 Å². The molecule has 1 aromatic heterocycles. The van der Waals surface area contributed by atoms with Gasteiger partial charge in [0.2, 0.25) is 0 Å². The number of hydrogen-bond acceptors (Lipinski definition) is 2. The smallest absolute Gasteiger partial charge is 0.123 e. The van der Waals surface area contributed by atoms with Gasteiger partial charge in [-0.1, -0.05) is 23.2 Å². The first-order chi connectivity index (χ1) is 6.18. The maximum atomic E-state index is 5.96. The standard InChI is InChI=1S/C9H6Cl2N2/c10-7-1-2-8(11)6-4-13-9(12)3-5(6)7/h1-4H,(H2,12,13). The average molecular weight is 213 g/mol. The number of benzene rings is 1. The second-order valence-electron chi connectivity index (χ2n) is 2.68.